The van der Waals surface area contributed by atoms with Crippen LogP contribution in [0, 0.1) is 0 Å². The highest BCUT2D eigenvalue weighted by Crippen LogP contribution is 2.66. The summed E-state index contributed by atoms with van der Waals surface area (Å²) in [5.74, 6) is -0.417. The number of aromatic nitrogens is 4. The molecule has 0 saturated carbocycles. The fraction of sp³-hybridized carbons (Fsp3) is 0.381. The molecule has 2 amide bonds. The van der Waals surface area contributed by atoms with E-state index in [1.54, 1.807) is 31.3 Å². The van der Waals surface area contributed by atoms with Crippen molar-refractivity contribution >= 4 is 68.8 Å². The van der Waals surface area contributed by atoms with E-state index in [4.69, 9.17) is 25.0 Å². The molecule has 3 aromatic rings. The molecule has 3 heterocycles. The number of amides is 2. The van der Waals surface area contributed by atoms with Crippen LogP contribution in [0.4, 0.5) is 16.3 Å². The van der Waals surface area contributed by atoms with Gasteiger partial charge in [-0.2, -0.15) is 4.31 Å². The summed E-state index contributed by atoms with van der Waals surface area (Å²) in [6.45, 7) is -5.92. The molecule has 0 spiro atoms. The van der Waals surface area contributed by atoms with Crippen LogP contribution in [0.25, 0.3) is 11.2 Å². The summed E-state index contributed by atoms with van der Waals surface area (Å²) in [5, 5.41) is 19.0. The number of fused-ring (bicyclic) bond motifs is 1. The fourth-order valence-corrected chi connectivity index (χ4v) is 8.02. The van der Waals surface area contributed by atoms with Gasteiger partial charge in [0.25, 0.3) is 5.91 Å². The lowest BCUT2D eigenvalue weighted by atomic mass is 10.1. The lowest BCUT2D eigenvalue weighted by molar-refractivity contribution is -0.0522. The highest BCUT2D eigenvalue weighted by atomic mass is 32.5. The van der Waals surface area contributed by atoms with Crippen LogP contribution >= 0.6 is 22.4 Å². The number of nitrogens with zero attached hydrogens (tertiary/aromatic N) is 4. The molecule has 22 nitrogen and oxygen atoms in total. The van der Waals surface area contributed by atoms with Crippen molar-refractivity contribution in [2.45, 2.75) is 24.5 Å². The van der Waals surface area contributed by atoms with Gasteiger partial charge in [-0.15, -0.1) is 0 Å². The molecular weight excluding hydrogens is 713 g/mol. The minimum Gasteiger partial charge on any atom is -0.439 e. The first-order chi connectivity index (χ1) is 22.0. The summed E-state index contributed by atoms with van der Waals surface area (Å²) in [4.78, 5) is 74.7. The number of ether oxygens (including phenoxy) is 2. The maximum absolute atomic E-state index is 12.7. The van der Waals surface area contributed by atoms with Gasteiger partial charge in [-0.05, 0) is 23.9 Å². The summed E-state index contributed by atoms with van der Waals surface area (Å²) in [7, 11) is -9.45. The average Bonchev–Trinajstić information content (AvgIpc) is 3.54. The van der Waals surface area contributed by atoms with Gasteiger partial charge in [-0.1, -0.05) is 12.1 Å². The predicted octanol–water partition coefficient (Wildman–Crippen LogP) is -0.307. The normalized spacial score (nSPS) is 22.3. The van der Waals surface area contributed by atoms with E-state index in [-0.39, 0.29) is 30.1 Å². The first-order valence-corrected chi connectivity index (χ1v) is 18.7. The smallest absolute Gasteiger partial charge is 0.439 e. The van der Waals surface area contributed by atoms with Crippen LogP contribution < -0.4 is 21.7 Å². The topological polar surface area (TPSA) is 321 Å². The number of hydrogen-bond donors (Lipinski definition) is 9. The van der Waals surface area contributed by atoms with Crippen LogP contribution in [0.2, 0.25) is 0 Å². The zero-order chi connectivity index (χ0) is 34.6. The standard InChI is InChI=1S/C21H29N8O14P3S/c1-23-12-5-3-2-4-11(12)19(31)24-6-7-25-21(32)41-16-15(30)13(8-39-44(33,34)42-45(35,36)43-46(37,38)47)40-20(16)29-10-28-14-17(22)26-9-27-18(14)29/h2-5,9-10,13,15-16,20,23,30H,6-8H2,1H3,(H,24,31)(H,25,32)(H,33,34)(H,35,36)(H2,22,26,27)(H2,37,38,47)/t13-,15-,16-,20-/m1/s1. The Morgan fingerprint density at radius 2 is 1.77 bits per heavy atom. The van der Waals surface area contributed by atoms with E-state index in [9.17, 15) is 33.6 Å². The second-order valence-corrected chi connectivity index (χ2v) is 15.2. The maximum atomic E-state index is 12.7. The third-order valence-corrected chi connectivity index (χ3v) is 10.6. The second kappa shape index (κ2) is 15.0. The number of aliphatic hydroxyl groups excluding tert-OH is 1. The van der Waals surface area contributed by atoms with Crippen molar-refractivity contribution in [1.82, 2.24) is 30.2 Å². The molecule has 6 atom stereocenters. The first-order valence-electron chi connectivity index (χ1n) is 13.0. The molecule has 2 unspecified atom stereocenters. The number of carbonyl (C=O) groups excluding carboxylic acids is 2. The molecule has 10 N–H and O–H groups in total. The van der Waals surface area contributed by atoms with Gasteiger partial charge in [0.15, 0.2) is 23.8 Å². The van der Waals surface area contributed by atoms with E-state index in [2.05, 4.69) is 55.9 Å². The van der Waals surface area contributed by atoms with Gasteiger partial charge in [0.1, 0.15) is 24.1 Å². The van der Waals surface area contributed by atoms with Gasteiger partial charge >= 0.3 is 28.5 Å². The second-order valence-electron chi connectivity index (χ2n) is 9.37. The number of hydrogen-bond acceptors (Lipinski definition) is 16. The van der Waals surface area contributed by atoms with Crippen LogP contribution in [0.3, 0.4) is 0 Å². The summed E-state index contributed by atoms with van der Waals surface area (Å²) < 4.78 is 48.9. The Labute approximate surface area is 269 Å². The van der Waals surface area contributed by atoms with E-state index in [1.807, 2.05) is 0 Å². The monoisotopic (exact) mass is 742 g/mol. The van der Waals surface area contributed by atoms with Crippen LogP contribution in [-0.2, 0) is 43.6 Å². The first kappa shape index (κ1) is 36.7. The van der Waals surface area contributed by atoms with Crippen LogP contribution in [0.5, 0.6) is 0 Å². The number of benzene rings is 1. The number of alkyl carbamates (subject to hydrolysis) is 1. The third kappa shape index (κ3) is 9.71. The molecule has 1 aromatic carbocycles. The Kier molecular flexibility index (Phi) is 11.7. The van der Waals surface area contributed by atoms with E-state index in [1.165, 1.54) is 10.9 Å². The van der Waals surface area contributed by atoms with E-state index < -0.39 is 65.5 Å². The molecule has 1 fully saturated rings. The van der Waals surface area contributed by atoms with E-state index in [0.717, 1.165) is 6.33 Å². The molecule has 1 aliphatic heterocycles. The zero-order valence-electron chi connectivity index (χ0n) is 23.9. The summed E-state index contributed by atoms with van der Waals surface area (Å²) in [6, 6.07) is 6.76. The Morgan fingerprint density at radius 3 is 2.47 bits per heavy atom. The molecule has 47 heavy (non-hydrogen) atoms. The number of carbonyl (C=O) groups is 2. The van der Waals surface area contributed by atoms with Crippen molar-refractivity contribution in [2.24, 2.45) is 0 Å². The van der Waals surface area contributed by atoms with Gasteiger partial charge in [-0.25, -0.2) is 33.2 Å². The van der Waals surface area contributed by atoms with Crippen LogP contribution in [0.15, 0.2) is 36.9 Å². The van der Waals surface area contributed by atoms with Crippen molar-refractivity contribution in [3.05, 3.63) is 42.5 Å². The van der Waals surface area contributed by atoms with Gasteiger partial charge in [-0.3, -0.25) is 13.9 Å². The number of rotatable bonds is 14. The Hall–Kier alpha value is -3.14. The molecule has 0 bridgehead atoms. The predicted molar refractivity (Wildman–Crippen MR) is 163 cm³/mol. The molecule has 4 rings (SSSR count). The Bertz CT molecular complexity index is 1760. The third-order valence-electron chi connectivity index (χ3n) is 6.16. The SMILES string of the molecule is CNc1ccccc1C(=O)NCCNC(=O)O[C@@H]1[C@H](O)[C@@H](COP(=O)(O)OP(=O)(O)OP(O)(O)=S)O[C@H]1n1cnc2c(N)ncnc21. The number of imidazole rings is 1. The average molecular weight is 742 g/mol. The molecular formula is C21H29N8O14P3S. The number of nitrogens with one attached hydrogen (secondary N) is 3. The molecule has 1 saturated heterocycles. The quantitative estimate of drug-likeness (QED) is 0.0755. The van der Waals surface area contributed by atoms with Gasteiger partial charge < -0.3 is 55.8 Å². The molecule has 2 aromatic heterocycles. The maximum Gasteiger partial charge on any atom is 0.488 e. The minimum atomic E-state index is -5.61. The zero-order valence-corrected chi connectivity index (χ0v) is 27.4. The highest BCUT2D eigenvalue weighted by Gasteiger charge is 2.49. The van der Waals surface area contributed by atoms with Gasteiger partial charge in [0, 0.05) is 25.8 Å². The lowest BCUT2D eigenvalue weighted by Crippen LogP contribution is -2.41. The lowest BCUT2D eigenvalue weighted by Gasteiger charge is -2.22. The number of nitrogen functional groups attached to an aromatic ring is 1. The highest BCUT2D eigenvalue weighted by molar-refractivity contribution is 8.08. The Balaban J connectivity index is 1.43. The molecule has 1 aliphatic rings. The van der Waals surface area contributed by atoms with Crippen LogP contribution in [-0.4, -0.2) is 101 Å². The number of nitrogens with two attached hydrogens (primary N) is 1. The number of phosphoric ester groups is 1. The molecule has 258 valence electrons. The number of phosphoric acid groups is 2. The van der Waals surface area contributed by atoms with Gasteiger partial charge in [0.05, 0.1) is 18.5 Å². The van der Waals surface area contributed by atoms with Crippen molar-refractivity contribution in [3.8, 4) is 0 Å². The largest absolute Gasteiger partial charge is 0.488 e. The minimum absolute atomic E-state index is 0.00731. The summed E-state index contributed by atoms with van der Waals surface area (Å²) in [6.07, 6.45) is -5.07. The summed E-state index contributed by atoms with van der Waals surface area (Å²) in [5.41, 5.74) is 7.02. The van der Waals surface area contributed by atoms with Crippen molar-refractivity contribution < 1.29 is 66.0 Å². The van der Waals surface area contributed by atoms with Crippen LogP contribution in [0.1, 0.15) is 16.6 Å². The number of anilines is 2. The number of para-hydroxylation sites is 1. The van der Waals surface area contributed by atoms with Crippen molar-refractivity contribution in [2.75, 3.05) is 37.8 Å². The molecule has 0 aliphatic carbocycles. The number of aliphatic hydroxyl groups is 1. The molecule has 26 heteroatoms. The molecule has 0 radical (unpaired) electrons. The fourth-order valence-electron chi connectivity index (χ4n) is 4.23. The van der Waals surface area contributed by atoms with E-state index in [0.29, 0.717) is 11.3 Å². The van der Waals surface area contributed by atoms with Crippen molar-refractivity contribution in [1.29, 1.82) is 0 Å². The Morgan fingerprint density at radius 1 is 1.06 bits per heavy atom. The van der Waals surface area contributed by atoms with Gasteiger partial charge in [0.2, 0.25) is 0 Å². The summed E-state index contributed by atoms with van der Waals surface area (Å²) >= 11 is 4.04. The van der Waals surface area contributed by atoms with E-state index >= 15 is 0 Å². The van der Waals surface area contributed by atoms with Crippen molar-refractivity contribution in [3.63, 3.8) is 0 Å².